The Kier molecular flexibility index (Phi) is 6.64. The fourth-order valence-corrected chi connectivity index (χ4v) is 1.21. The third kappa shape index (κ3) is 8.45. The molecule has 0 saturated carbocycles. The first-order chi connectivity index (χ1) is 9.42. The lowest BCUT2D eigenvalue weighted by Crippen LogP contribution is -2.52. The van der Waals surface area contributed by atoms with E-state index in [2.05, 4.69) is 10.6 Å². The molecule has 0 aromatic rings. The molecule has 0 heterocycles. The van der Waals surface area contributed by atoms with Gasteiger partial charge >= 0.3 is 18.0 Å². The number of rotatable bonds is 6. The van der Waals surface area contributed by atoms with E-state index in [1.165, 1.54) is 6.92 Å². The van der Waals surface area contributed by atoms with Crippen molar-refractivity contribution in [2.45, 2.75) is 51.8 Å². The van der Waals surface area contributed by atoms with Crippen LogP contribution in [0.5, 0.6) is 0 Å². The van der Waals surface area contributed by atoms with Gasteiger partial charge < -0.3 is 25.6 Å². The number of aliphatic carboxylic acids is 2. The molecule has 0 spiro atoms. The quantitative estimate of drug-likeness (QED) is 0.538. The Balaban J connectivity index is 4.79. The molecule has 0 aliphatic heterocycles. The molecular weight excluding hydrogens is 284 g/mol. The van der Waals surface area contributed by atoms with E-state index in [1.807, 2.05) is 0 Å². The lowest BCUT2D eigenvalue weighted by atomic mass is 10.1. The number of hydrogen-bond donors (Lipinski definition) is 4. The second-order valence-electron chi connectivity index (χ2n) is 5.37. The summed E-state index contributed by atoms with van der Waals surface area (Å²) in [5, 5.41) is 21.6. The van der Waals surface area contributed by atoms with Gasteiger partial charge in [0.2, 0.25) is 5.91 Å². The number of carbonyl (C=O) groups is 4. The second kappa shape index (κ2) is 7.46. The fraction of sp³-hybridized carbons (Fsp3) is 0.667. The van der Waals surface area contributed by atoms with Crippen LogP contribution < -0.4 is 10.6 Å². The number of amides is 2. The van der Waals surface area contributed by atoms with E-state index in [9.17, 15) is 19.2 Å². The van der Waals surface area contributed by atoms with E-state index >= 15 is 0 Å². The van der Waals surface area contributed by atoms with E-state index in [1.54, 1.807) is 20.8 Å². The standard InChI is InChI=1S/C12H20N2O7/c1-6(10(18)19)13-9(17)7(5-8(15)16)14-11(20)21-12(2,3)4/h6-7H,5H2,1-4H3,(H,13,17)(H,14,20)(H,15,16)(H,18,19)/t6-,7-/m0/s1. The minimum absolute atomic E-state index is 0.697. The molecule has 0 aliphatic carbocycles. The number of carboxylic acids is 2. The molecule has 21 heavy (non-hydrogen) atoms. The van der Waals surface area contributed by atoms with Gasteiger partial charge in [0.05, 0.1) is 6.42 Å². The molecule has 0 fully saturated rings. The molecule has 0 rings (SSSR count). The van der Waals surface area contributed by atoms with Crippen molar-refractivity contribution in [3.05, 3.63) is 0 Å². The zero-order valence-electron chi connectivity index (χ0n) is 12.3. The van der Waals surface area contributed by atoms with Crippen molar-refractivity contribution in [3.8, 4) is 0 Å². The molecule has 9 nitrogen and oxygen atoms in total. The van der Waals surface area contributed by atoms with Gasteiger partial charge in [-0.25, -0.2) is 4.79 Å². The van der Waals surface area contributed by atoms with Crippen molar-refractivity contribution in [1.82, 2.24) is 10.6 Å². The molecule has 0 aromatic heterocycles. The third-order valence-corrected chi connectivity index (χ3v) is 2.12. The number of hydrogen-bond acceptors (Lipinski definition) is 5. The van der Waals surface area contributed by atoms with Gasteiger partial charge in [0, 0.05) is 0 Å². The van der Waals surface area contributed by atoms with Crippen LogP contribution in [0.25, 0.3) is 0 Å². The van der Waals surface area contributed by atoms with Crippen LogP contribution in [0.1, 0.15) is 34.1 Å². The molecule has 0 unspecified atom stereocenters. The molecule has 2 atom stereocenters. The summed E-state index contributed by atoms with van der Waals surface area (Å²) < 4.78 is 4.91. The van der Waals surface area contributed by atoms with Crippen molar-refractivity contribution in [3.63, 3.8) is 0 Å². The molecule has 2 amide bonds. The first-order valence-electron chi connectivity index (χ1n) is 6.17. The summed E-state index contributed by atoms with van der Waals surface area (Å²) in [7, 11) is 0. The molecule has 0 aromatic carbocycles. The highest BCUT2D eigenvalue weighted by Crippen LogP contribution is 2.07. The maximum atomic E-state index is 11.8. The maximum Gasteiger partial charge on any atom is 0.408 e. The number of ether oxygens (including phenoxy) is 1. The average molecular weight is 304 g/mol. The SMILES string of the molecule is C[C@H](NC(=O)[C@H](CC(=O)O)NC(=O)OC(C)(C)C)C(=O)O. The monoisotopic (exact) mass is 304 g/mol. The van der Waals surface area contributed by atoms with E-state index in [-0.39, 0.29) is 0 Å². The summed E-state index contributed by atoms with van der Waals surface area (Å²) in [4.78, 5) is 44.7. The fourth-order valence-electron chi connectivity index (χ4n) is 1.21. The highest BCUT2D eigenvalue weighted by molar-refractivity contribution is 5.91. The van der Waals surface area contributed by atoms with Gasteiger partial charge in [-0.1, -0.05) is 0 Å². The smallest absolute Gasteiger partial charge is 0.408 e. The van der Waals surface area contributed by atoms with Crippen LogP contribution >= 0.6 is 0 Å². The Labute approximate surface area is 121 Å². The number of carbonyl (C=O) groups excluding carboxylic acids is 2. The van der Waals surface area contributed by atoms with Crippen molar-refractivity contribution < 1.29 is 34.1 Å². The first kappa shape index (κ1) is 18.7. The lowest BCUT2D eigenvalue weighted by Gasteiger charge is -2.23. The summed E-state index contributed by atoms with van der Waals surface area (Å²) >= 11 is 0. The van der Waals surface area contributed by atoms with Crippen LogP contribution in [0.15, 0.2) is 0 Å². The Hall–Kier alpha value is -2.32. The summed E-state index contributed by atoms with van der Waals surface area (Å²) in [6.07, 6.45) is -1.66. The van der Waals surface area contributed by atoms with Gasteiger partial charge in [0.15, 0.2) is 0 Å². The molecule has 0 aliphatic rings. The van der Waals surface area contributed by atoms with Gasteiger partial charge in [-0.2, -0.15) is 0 Å². The van der Waals surface area contributed by atoms with Crippen molar-refractivity contribution in [2.24, 2.45) is 0 Å². The highest BCUT2D eigenvalue weighted by atomic mass is 16.6. The predicted molar refractivity (Wildman–Crippen MR) is 70.7 cm³/mol. The van der Waals surface area contributed by atoms with E-state index in [0.717, 1.165) is 0 Å². The minimum atomic E-state index is -1.43. The Morgan fingerprint density at radius 3 is 2.00 bits per heavy atom. The molecular formula is C12H20N2O7. The van der Waals surface area contributed by atoms with Crippen LogP contribution in [-0.4, -0.2) is 51.8 Å². The van der Waals surface area contributed by atoms with Crippen LogP contribution in [0.3, 0.4) is 0 Å². The Morgan fingerprint density at radius 2 is 1.62 bits per heavy atom. The van der Waals surface area contributed by atoms with Crippen LogP contribution in [-0.2, 0) is 19.1 Å². The summed E-state index contributed by atoms with van der Waals surface area (Å²) in [5.41, 5.74) is -0.817. The second-order valence-corrected chi connectivity index (χ2v) is 5.37. The van der Waals surface area contributed by atoms with Gasteiger partial charge in [-0.15, -0.1) is 0 Å². The number of nitrogens with one attached hydrogen (secondary N) is 2. The first-order valence-corrected chi connectivity index (χ1v) is 6.17. The number of carboxylic acid groups (broad SMARTS) is 2. The van der Waals surface area contributed by atoms with Gasteiger partial charge in [-0.05, 0) is 27.7 Å². The van der Waals surface area contributed by atoms with Gasteiger partial charge in [0.1, 0.15) is 17.7 Å². The van der Waals surface area contributed by atoms with E-state index in [0.29, 0.717) is 0 Å². The zero-order chi connectivity index (χ0) is 16.8. The maximum absolute atomic E-state index is 11.8. The van der Waals surface area contributed by atoms with Crippen molar-refractivity contribution >= 4 is 23.9 Å². The zero-order valence-corrected chi connectivity index (χ0v) is 12.3. The third-order valence-electron chi connectivity index (χ3n) is 2.12. The lowest BCUT2D eigenvalue weighted by molar-refractivity contribution is -0.142. The van der Waals surface area contributed by atoms with Gasteiger partial charge in [-0.3, -0.25) is 14.4 Å². The van der Waals surface area contributed by atoms with E-state index in [4.69, 9.17) is 14.9 Å². The topological polar surface area (TPSA) is 142 Å². The number of alkyl carbamates (subject to hydrolysis) is 1. The van der Waals surface area contributed by atoms with Crippen molar-refractivity contribution in [1.29, 1.82) is 0 Å². The molecule has 120 valence electrons. The summed E-state index contributed by atoms with van der Waals surface area (Å²) in [5.74, 6) is -3.53. The molecule has 0 saturated heterocycles. The molecule has 4 N–H and O–H groups in total. The largest absolute Gasteiger partial charge is 0.481 e. The molecule has 9 heteroatoms. The van der Waals surface area contributed by atoms with Crippen LogP contribution in [0.4, 0.5) is 4.79 Å². The van der Waals surface area contributed by atoms with Crippen LogP contribution in [0, 0.1) is 0 Å². The predicted octanol–water partition coefficient (Wildman–Crippen LogP) is -0.0563. The van der Waals surface area contributed by atoms with Gasteiger partial charge in [0.25, 0.3) is 0 Å². The van der Waals surface area contributed by atoms with Crippen molar-refractivity contribution in [2.75, 3.05) is 0 Å². The van der Waals surface area contributed by atoms with Crippen LogP contribution in [0.2, 0.25) is 0 Å². The van der Waals surface area contributed by atoms with E-state index < -0.39 is 48.0 Å². The Bertz CT molecular complexity index is 428. The Morgan fingerprint density at radius 1 is 1.10 bits per heavy atom. The average Bonchev–Trinajstić information content (AvgIpc) is 2.24. The minimum Gasteiger partial charge on any atom is -0.481 e. The normalized spacial score (nSPS) is 13.7. The molecule has 0 bridgehead atoms. The highest BCUT2D eigenvalue weighted by Gasteiger charge is 2.28. The summed E-state index contributed by atoms with van der Waals surface area (Å²) in [6.45, 7) is 6.02. The molecule has 0 radical (unpaired) electrons. The summed E-state index contributed by atoms with van der Waals surface area (Å²) in [6, 6.07) is -2.65.